The van der Waals surface area contributed by atoms with E-state index in [2.05, 4.69) is 9.97 Å². The summed E-state index contributed by atoms with van der Waals surface area (Å²) in [4.78, 5) is 40.9. The molecule has 1 aliphatic heterocycles. The second-order valence-electron chi connectivity index (χ2n) is 8.59. The normalized spacial score (nSPS) is 15.1. The number of fused-ring (bicyclic) bond motifs is 1. The van der Waals surface area contributed by atoms with Gasteiger partial charge < -0.3 is 13.9 Å². The maximum Gasteiger partial charge on any atom is 0.338 e. The minimum atomic E-state index is -0.842. The van der Waals surface area contributed by atoms with E-state index < -0.39 is 12.0 Å². The van der Waals surface area contributed by atoms with Crippen molar-refractivity contribution in [2.24, 2.45) is 4.99 Å². The molecule has 12 heteroatoms. The molecule has 0 unspecified atom stereocenters. The Morgan fingerprint density at radius 3 is 2.75 bits per heavy atom. The van der Waals surface area contributed by atoms with Gasteiger partial charge >= 0.3 is 5.97 Å². The molecule has 0 N–H and O–H groups in total. The third-order valence-corrected chi connectivity index (χ3v) is 8.02. The van der Waals surface area contributed by atoms with Gasteiger partial charge in [-0.1, -0.05) is 36.3 Å². The minimum Gasteiger partial charge on any atom is -0.496 e. The van der Waals surface area contributed by atoms with Crippen LogP contribution in [0.4, 0.5) is 0 Å². The van der Waals surface area contributed by atoms with Crippen molar-refractivity contribution in [1.29, 1.82) is 0 Å². The molecule has 9 nitrogen and oxygen atoms in total. The van der Waals surface area contributed by atoms with Crippen LogP contribution in [0, 0.1) is 0 Å². The van der Waals surface area contributed by atoms with Gasteiger partial charge in [0.15, 0.2) is 15.1 Å². The van der Waals surface area contributed by atoms with Gasteiger partial charge in [-0.05, 0) is 61.5 Å². The van der Waals surface area contributed by atoms with E-state index in [1.165, 1.54) is 34.8 Å². The van der Waals surface area contributed by atoms with E-state index in [1.807, 2.05) is 6.92 Å². The maximum atomic E-state index is 13.9. The fraction of sp³-hybridized carbons (Fsp3) is 0.250. The number of thiazole rings is 1. The van der Waals surface area contributed by atoms with E-state index in [1.54, 1.807) is 61.8 Å². The number of halogens is 1. The first-order valence-electron chi connectivity index (χ1n) is 12.5. The van der Waals surface area contributed by atoms with Crippen LogP contribution in [0.5, 0.6) is 5.75 Å². The predicted molar refractivity (Wildman–Crippen MR) is 152 cm³/mol. The molecule has 40 heavy (non-hydrogen) atoms. The molecular weight excluding hydrogens is 572 g/mol. The van der Waals surface area contributed by atoms with Crippen molar-refractivity contribution >= 4 is 46.7 Å². The average Bonchev–Trinajstić information content (AvgIpc) is 3.52. The number of methoxy groups -OCH3 is 1. The van der Waals surface area contributed by atoms with E-state index in [0.29, 0.717) is 59.4 Å². The highest BCUT2D eigenvalue weighted by molar-refractivity contribution is 7.99. The second kappa shape index (κ2) is 12.2. The first-order valence-corrected chi connectivity index (χ1v) is 14.5. The summed E-state index contributed by atoms with van der Waals surface area (Å²) in [6.45, 7) is 3.92. The van der Waals surface area contributed by atoms with Crippen molar-refractivity contribution in [2.45, 2.75) is 43.0 Å². The largest absolute Gasteiger partial charge is 0.496 e. The Morgan fingerprint density at radius 2 is 2.02 bits per heavy atom. The number of benzene rings is 1. The molecule has 4 aromatic rings. The first-order chi connectivity index (χ1) is 19.4. The molecule has 0 bridgehead atoms. The van der Waals surface area contributed by atoms with Gasteiger partial charge in [-0.2, -0.15) is 0 Å². The van der Waals surface area contributed by atoms with Gasteiger partial charge in [-0.3, -0.25) is 9.36 Å². The van der Waals surface area contributed by atoms with E-state index in [0.717, 1.165) is 6.42 Å². The highest BCUT2D eigenvalue weighted by Crippen LogP contribution is 2.38. The minimum absolute atomic E-state index is 0.179. The lowest BCUT2D eigenvalue weighted by Crippen LogP contribution is -2.40. The number of allylic oxidation sites excluding steroid dienone is 1. The van der Waals surface area contributed by atoms with Crippen molar-refractivity contribution < 1.29 is 18.7 Å². The molecule has 0 aliphatic carbocycles. The maximum absolute atomic E-state index is 13.9. The van der Waals surface area contributed by atoms with Crippen molar-refractivity contribution in [3.8, 4) is 5.75 Å². The quantitative estimate of drug-likeness (QED) is 0.201. The molecule has 1 atom stereocenters. The highest BCUT2D eigenvalue weighted by atomic mass is 35.5. The number of aromatic nitrogens is 3. The summed E-state index contributed by atoms with van der Waals surface area (Å²) in [5, 5.41) is 1.58. The number of hydrogen-bond donors (Lipinski definition) is 0. The molecule has 206 valence electrons. The van der Waals surface area contributed by atoms with Crippen molar-refractivity contribution in [2.75, 3.05) is 13.7 Å². The van der Waals surface area contributed by atoms with Crippen LogP contribution in [0.2, 0.25) is 5.02 Å². The number of hydrogen-bond acceptors (Lipinski definition) is 10. The molecule has 1 aromatic carbocycles. The molecule has 3 aromatic heterocycles. The topological polar surface area (TPSA) is 109 Å². The standard InChI is InChI=1S/C28H25ClN4O5S2/c1-4-7-19-23(26(35)37-5-2)24(18-14-16(29)8-10-20(18)36-3)33-25(34)21(39-28(33)32-19)15-17-9-11-22(38-17)40-27-30-12-6-13-31-27/h6,8-15,24H,4-5,7H2,1-3H3/b21-15-/t24-/m0/s1. The Morgan fingerprint density at radius 1 is 1.23 bits per heavy atom. The number of rotatable bonds is 9. The Labute approximate surface area is 242 Å². The Balaban J connectivity index is 1.67. The van der Waals surface area contributed by atoms with E-state index >= 15 is 0 Å². The summed E-state index contributed by atoms with van der Waals surface area (Å²) >= 11 is 8.89. The zero-order valence-electron chi connectivity index (χ0n) is 21.9. The fourth-order valence-electron chi connectivity index (χ4n) is 4.36. The summed E-state index contributed by atoms with van der Waals surface area (Å²) in [6.07, 6.45) is 6.25. The van der Waals surface area contributed by atoms with Gasteiger partial charge in [-0.15, -0.1) is 0 Å². The molecule has 1 aliphatic rings. The number of esters is 1. The average molecular weight is 597 g/mol. The lowest BCUT2D eigenvalue weighted by atomic mass is 9.93. The molecular formula is C28H25ClN4O5S2. The SMILES string of the molecule is CCCC1=C(C(=O)OCC)[C@H](c2cc(Cl)ccc2OC)n2c(s/c(=C\c3ccc(Sc4ncccn4)o3)c2=O)=N1. The van der Waals surface area contributed by atoms with Crippen LogP contribution in [-0.4, -0.2) is 34.2 Å². The summed E-state index contributed by atoms with van der Waals surface area (Å²) in [5.74, 6) is 0.435. The van der Waals surface area contributed by atoms with Crippen LogP contribution in [-0.2, 0) is 9.53 Å². The number of carbonyl (C=O) groups is 1. The molecule has 4 heterocycles. The summed E-state index contributed by atoms with van der Waals surface area (Å²) < 4.78 is 18.9. The smallest absolute Gasteiger partial charge is 0.338 e. The van der Waals surface area contributed by atoms with Gasteiger partial charge in [0, 0.05) is 29.1 Å². The van der Waals surface area contributed by atoms with E-state index in [4.69, 9.17) is 30.5 Å². The lowest BCUT2D eigenvalue weighted by molar-refractivity contribution is -0.139. The summed E-state index contributed by atoms with van der Waals surface area (Å²) in [6, 6.07) is 9.58. The zero-order valence-corrected chi connectivity index (χ0v) is 24.3. The van der Waals surface area contributed by atoms with E-state index in [-0.39, 0.29) is 12.2 Å². The van der Waals surface area contributed by atoms with E-state index in [9.17, 15) is 9.59 Å². The Hall–Kier alpha value is -3.67. The highest BCUT2D eigenvalue weighted by Gasteiger charge is 2.36. The second-order valence-corrected chi connectivity index (χ2v) is 11.0. The molecule has 0 spiro atoms. The number of carbonyl (C=O) groups excluding carboxylic acids is 1. The van der Waals surface area contributed by atoms with Gasteiger partial charge in [0.1, 0.15) is 17.6 Å². The molecule has 5 rings (SSSR count). The van der Waals surface area contributed by atoms with Gasteiger partial charge in [0.25, 0.3) is 5.56 Å². The van der Waals surface area contributed by atoms with Gasteiger partial charge in [0.05, 0.1) is 29.5 Å². The molecule has 0 radical (unpaired) electrons. The van der Waals surface area contributed by atoms with Crippen LogP contribution < -0.4 is 19.6 Å². The Kier molecular flexibility index (Phi) is 8.53. The van der Waals surface area contributed by atoms with Crippen LogP contribution >= 0.6 is 34.7 Å². The molecule has 0 fully saturated rings. The number of furan rings is 1. The predicted octanol–water partition coefficient (Wildman–Crippen LogP) is 4.77. The summed E-state index contributed by atoms with van der Waals surface area (Å²) in [5.41, 5.74) is 1.10. The summed E-state index contributed by atoms with van der Waals surface area (Å²) in [7, 11) is 1.53. The van der Waals surface area contributed by atoms with Crippen LogP contribution in [0.3, 0.4) is 0 Å². The third-order valence-electron chi connectivity index (χ3n) is 5.99. The number of nitrogens with zero attached hydrogens (tertiary/aromatic N) is 4. The van der Waals surface area contributed by atoms with Gasteiger partial charge in [0.2, 0.25) is 0 Å². The lowest BCUT2D eigenvalue weighted by Gasteiger charge is -2.27. The van der Waals surface area contributed by atoms with Crippen LogP contribution in [0.1, 0.15) is 44.1 Å². The van der Waals surface area contributed by atoms with Crippen LogP contribution in [0.15, 0.2) is 84.5 Å². The Bertz CT molecular complexity index is 1760. The number of ether oxygens (including phenoxy) is 2. The fourth-order valence-corrected chi connectivity index (χ4v) is 6.22. The molecule has 0 amide bonds. The van der Waals surface area contributed by atoms with Crippen molar-refractivity contribution in [3.63, 3.8) is 0 Å². The first kappa shape index (κ1) is 27.9. The molecule has 0 saturated heterocycles. The van der Waals surface area contributed by atoms with Gasteiger partial charge in [-0.25, -0.2) is 19.8 Å². The van der Waals surface area contributed by atoms with Crippen LogP contribution in [0.25, 0.3) is 6.08 Å². The monoisotopic (exact) mass is 596 g/mol. The van der Waals surface area contributed by atoms with Crippen molar-refractivity contribution in [1.82, 2.24) is 14.5 Å². The van der Waals surface area contributed by atoms with Crippen molar-refractivity contribution in [3.05, 3.63) is 96.1 Å². The zero-order chi connectivity index (χ0) is 28.2. The third kappa shape index (κ3) is 5.63. The molecule has 0 saturated carbocycles.